The zero-order valence-corrected chi connectivity index (χ0v) is 12.3. The minimum absolute atomic E-state index is 0.172. The lowest BCUT2D eigenvalue weighted by molar-refractivity contribution is 0.0931. The Kier molecular flexibility index (Phi) is 2.93. The Morgan fingerprint density at radius 2 is 1.81 bits per heavy atom. The maximum Gasteiger partial charge on any atom is 0.168 e. The lowest BCUT2D eigenvalue weighted by atomic mass is 9.96. The second-order valence-electron chi connectivity index (χ2n) is 6.35. The summed E-state index contributed by atoms with van der Waals surface area (Å²) in [6.07, 6.45) is 0. The summed E-state index contributed by atoms with van der Waals surface area (Å²) in [5, 5.41) is 0. The van der Waals surface area contributed by atoms with E-state index < -0.39 is 0 Å². The molecule has 0 amide bonds. The van der Waals surface area contributed by atoms with Gasteiger partial charge in [-0.3, -0.25) is 9.69 Å². The van der Waals surface area contributed by atoms with E-state index in [0.717, 1.165) is 25.2 Å². The fourth-order valence-corrected chi connectivity index (χ4v) is 3.84. The molecule has 0 N–H and O–H groups in total. The average Bonchev–Trinajstić information content (AvgIpc) is 3.00. The molecule has 21 heavy (non-hydrogen) atoms. The van der Waals surface area contributed by atoms with Crippen LogP contribution in [-0.2, 0) is 6.54 Å². The van der Waals surface area contributed by atoms with Gasteiger partial charge in [0.2, 0.25) is 0 Å². The molecule has 2 aromatic rings. The Labute approximate surface area is 125 Å². The monoisotopic (exact) mass is 277 g/mol. The van der Waals surface area contributed by atoms with Crippen LogP contribution in [0.1, 0.15) is 33.0 Å². The van der Waals surface area contributed by atoms with Crippen LogP contribution >= 0.6 is 0 Å². The Hall–Kier alpha value is -1.93. The third-order valence-corrected chi connectivity index (χ3v) is 4.85. The Morgan fingerprint density at radius 3 is 2.62 bits per heavy atom. The summed E-state index contributed by atoms with van der Waals surface area (Å²) in [5.74, 6) is 0.927. The largest absolute Gasteiger partial charge is 0.298 e. The van der Waals surface area contributed by atoms with Gasteiger partial charge in [0.15, 0.2) is 5.78 Å². The van der Waals surface area contributed by atoms with E-state index in [9.17, 15) is 4.79 Å². The van der Waals surface area contributed by atoms with Crippen molar-refractivity contribution >= 4 is 5.78 Å². The summed E-state index contributed by atoms with van der Waals surface area (Å²) in [6.45, 7) is 4.90. The standard InChI is InChI=1S/C19H19NO/c1-13-7-8-15-16(9-13)19(21)18-12-20(11-17(15)18)10-14-5-3-2-4-6-14/h2-9,17-18H,10-12H2,1H3. The summed E-state index contributed by atoms with van der Waals surface area (Å²) in [4.78, 5) is 15.0. The van der Waals surface area contributed by atoms with Crippen LogP contribution in [0.15, 0.2) is 48.5 Å². The number of carbonyl (C=O) groups is 1. The predicted octanol–water partition coefficient (Wildman–Crippen LogP) is 3.41. The molecule has 106 valence electrons. The first kappa shape index (κ1) is 12.8. The van der Waals surface area contributed by atoms with E-state index >= 15 is 0 Å². The van der Waals surface area contributed by atoms with Gasteiger partial charge in [-0.2, -0.15) is 0 Å². The highest BCUT2D eigenvalue weighted by Gasteiger charge is 2.45. The van der Waals surface area contributed by atoms with E-state index in [0.29, 0.717) is 11.7 Å². The smallest absolute Gasteiger partial charge is 0.168 e. The van der Waals surface area contributed by atoms with Crippen molar-refractivity contribution in [2.45, 2.75) is 19.4 Å². The van der Waals surface area contributed by atoms with Gasteiger partial charge in [0.1, 0.15) is 0 Å². The third-order valence-electron chi connectivity index (χ3n) is 4.85. The minimum Gasteiger partial charge on any atom is -0.298 e. The molecule has 2 unspecified atom stereocenters. The van der Waals surface area contributed by atoms with Crippen LogP contribution in [0.4, 0.5) is 0 Å². The van der Waals surface area contributed by atoms with Gasteiger partial charge in [-0.15, -0.1) is 0 Å². The fourth-order valence-electron chi connectivity index (χ4n) is 3.84. The van der Waals surface area contributed by atoms with Gasteiger partial charge in [-0.05, 0) is 24.1 Å². The van der Waals surface area contributed by atoms with Gasteiger partial charge >= 0.3 is 0 Å². The van der Waals surface area contributed by atoms with E-state index in [-0.39, 0.29) is 5.92 Å². The number of likely N-dealkylation sites (tertiary alicyclic amines) is 1. The summed E-state index contributed by atoms with van der Waals surface area (Å²) in [5.41, 5.74) is 4.76. The lowest BCUT2D eigenvalue weighted by Crippen LogP contribution is -2.23. The first-order chi connectivity index (χ1) is 10.2. The number of benzene rings is 2. The molecule has 2 aromatic carbocycles. The van der Waals surface area contributed by atoms with Crippen molar-refractivity contribution < 1.29 is 4.79 Å². The molecule has 0 aromatic heterocycles. The second kappa shape index (κ2) is 4.81. The number of fused-ring (bicyclic) bond motifs is 3. The van der Waals surface area contributed by atoms with E-state index in [1.807, 2.05) is 6.07 Å². The van der Waals surface area contributed by atoms with Crippen molar-refractivity contribution in [3.63, 3.8) is 0 Å². The Balaban J connectivity index is 1.57. The summed E-state index contributed by atoms with van der Waals surface area (Å²) in [6, 6.07) is 16.9. The van der Waals surface area contributed by atoms with Crippen LogP contribution in [-0.4, -0.2) is 23.8 Å². The number of Topliss-reactive ketones (excluding diaryl/α,β-unsaturated/α-hetero) is 1. The molecule has 0 radical (unpaired) electrons. The summed E-state index contributed by atoms with van der Waals surface area (Å²) < 4.78 is 0. The van der Waals surface area contributed by atoms with Crippen molar-refractivity contribution in [3.8, 4) is 0 Å². The molecular formula is C19H19NO. The fraction of sp³-hybridized carbons (Fsp3) is 0.316. The van der Waals surface area contributed by atoms with Crippen LogP contribution in [0.5, 0.6) is 0 Å². The van der Waals surface area contributed by atoms with Gasteiger partial charge in [-0.1, -0.05) is 48.0 Å². The quantitative estimate of drug-likeness (QED) is 0.838. The van der Waals surface area contributed by atoms with Crippen molar-refractivity contribution in [1.29, 1.82) is 0 Å². The van der Waals surface area contributed by atoms with Crippen molar-refractivity contribution in [2.75, 3.05) is 13.1 Å². The van der Waals surface area contributed by atoms with Crippen molar-refractivity contribution in [2.24, 2.45) is 5.92 Å². The zero-order chi connectivity index (χ0) is 14.4. The highest BCUT2D eigenvalue weighted by Crippen LogP contribution is 2.43. The van der Waals surface area contributed by atoms with Gasteiger partial charge in [0.25, 0.3) is 0 Å². The molecule has 2 aliphatic rings. The Morgan fingerprint density at radius 1 is 1.05 bits per heavy atom. The highest BCUT2D eigenvalue weighted by molar-refractivity contribution is 6.03. The normalized spacial score (nSPS) is 24.1. The molecule has 0 bridgehead atoms. The zero-order valence-electron chi connectivity index (χ0n) is 12.3. The molecular weight excluding hydrogens is 258 g/mol. The molecule has 1 saturated heterocycles. The van der Waals surface area contributed by atoms with Crippen LogP contribution in [0, 0.1) is 12.8 Å². The first-order valence-electron chi connectivity index (χ1n) is 7.63. The molecule has 1 heterocycles. The SMILES string of the molecule is Cc1ccc2c(c1)C(=O)C1CN(Cc3ccccc3)CC21. The molecule has 1 aliphatic heterocycles. The van der Waals surface area contributed by atoms with Gasteiger partial charge in [0, 0.05) is 37.0 Å². The number of ketones is 1. The van der Waals surface area contributed by atoms with Crippen molar-refractivity contribution in [3.05, 3.63) is 70.8 Å². The number of hydrogen-bond acceptors (Lipinski definition) is 2. The van der Waals surface area contributed by atoms with Crippen LogP contribution in [0.2, 0.25) is 0 Å². The lowest BCUT2D eigenvalue weighted by Gasteiger charge is -2.17. The van der Waals surface area contributed by atoms with Gasteiger partial charge in [-0.25, -0.2) is 0 Å². The molecule has 2 atom stereocenters. The molecule has 2 heteroatoms. The molecule has 2 nitrogen and oxygen atoms in total. The maximum absolute atomic E-state index is 12.6. The first-order valence-corrected chi connectivity index (χ1v) is 7.63. The summed E-state index contributed by atoms with van der Waals surface area (Å²) in [7, 11) is 0. The third kappa shape index (κ3) is 2.11. The van der Waals surface area contributed by atoms with Crippen LogP contribution in [0.25, 0.3) is 0 Å². The minimum atomic E-state index is 0.172. The van der Waals surface area contributed by atoms with E-state index in [1.165, 1.54) is 16.7 Å². The number of nitrogens with zero attached hydrogens (tertiary/aromatic N) is 1. The number of hydrogen-bond donors (Lipinski definition) is 0. The topological polar surface area (TPSA) is 20.3 Å². The van der Waals surface area contributed by atoms with Crippen molar-refractivity contribution in [1.82, 2.24) is 4.90 Å². The summed E-state index contributed by atoms with van der Waals surface area (Å²) >= 11 is 0. The maximum atomic E-state index is 12.6. The Bertz CT molecular complexity index is 692. The van der Waals surface area contributed by atoms with E-state index in [1.54, 1.807) is 0 Å². The number of carbonyl (C=O) groups excluding carboxylic acids is 1. The predicted molar refractivity (Wildman–Crippen MR) is 83.5 cm³/mol. The second-order valence-corrected chi connectivity index (χ2v) is 6.35. The van der Waals surface area contributed by atoms with E-state index in [4.69, 9.17) is 0 Å². The van der Waals surface area contributed by atoms with Crippen LogP contribution in [0.3, 0.4) is 0 Å². The number of aryl methyl sites for hydroxylation is 1. The molecule has 1 aliphatic carbocycles. The average molecular weight is 277 g/mol. The molecule has 0 saturated carbocycles. The van der Waals surface area contributed by atoms with E-state index in [2.05, 4.69) is 54.3 Å². The molecule has 0 spiro atoms. The highest BCUT2D eigenvalue weighted by atomic mass is 16.1. The molecule has 4 rings (SSSR count). The molecule has 1 fully saturated rings. The number of rotatable bonds is 2. The van der Waals surface area contributed by atoms with Gasteiger partial charge in [0.05, 0.1) is 0 Å². The van der Waals surface area contributed by atoms with Gasteiger partial charge < -0.3 is 0 Å². The van der Waals surface area contributed by atoms with Crippen LogP contribution < -0.4 is 0 Å².